The van der Waals surface area contributed by atoms with Gasteiger partial charge in [0.25, 0.3) is 5.91 Å². The van der Waals surface area contributed by atoms with Crippen molar-refractivity contribution in [1.82, 2.24) is 5.43 Å². The molecule has 0 aliphatic heterocycles. The zero-order valence-corrected chi connectivity index (χ0v) is 24.3. The minimum atomic E-state index is -0.600. The maximum atomic E-state index is 12.2. The van der Waals surface area contributed by atoms with Gasteiger partial charge in [0, 0.05) is 16.1 Å². The summed E-state index contributed by atoms with van der Waals surface area (Å²) in [5, 5.41) is 25.7. The van der Waals surface area contributed by atoms with Crippen molar-refractivity contribution in [2.75, 3.05) is 13.2 Å². The molecule has 0 bridgehead atoms. The van der Waals surface area contributed by atoms with E-state index in [2.05, 4.69) is 63.2 Å². The van der Waals surface area contributed by atoms with Crippen molar-refractivity contribution in [3.8, 4) is 17.2 Å². The zero-order chi connectivity index (χ0) is 27.3. The number of hydrogen-bond acceptors (Lipinski definition) is 7. The molecule has 11 heteroatoms. The number of ether oxygens (including phenoxy) is 2. The van der Waals surface area contributed by atoms with E-state index in [1.807, 2.05) is 13.8 Å². The molecule has 196 valence electrons. The number of nitrogens with zero attached hydrogens (tertiary/aromatic N) is 2. The number of carbonyl (C=O) groups is 1. The summed E-state index contributed by atoms with van der Waals surface area (Å²) >= 11 is 6.62. The Labute approximate surface area is 227 Å². The van der Waals surface area contributed by atoms with E-state index >= 15 is 0 Å². The van der Waals surface area contributed by atoms with Gasteiger partial charge in [-0.1, -0.05) is 40.7 Å². The summed E-state index contributed by atoms with van der Waals surface area (Å²) in [4.78, 5) is 23.4. The standard InChI is InChI=1S/C25H31Br2N3O6/c1-7-35-19-10-15(21(26)22(27)23(19)32)12-28-29-20(31)13-36-18-9-8-16(11-17(18)30(33)34)25(5,6)14-24(2,3)4/h8-12,32H,7,13-14H2,1-6H3,(H,29,31). The number of carbonyl (C=O) groups excluding carboxylic acids is 1. The van der Waals surface area contributed by atoms with Gasteiger partial charge in [-0.2, -0.15) is 5.10 Å². The first-order valence-electron chi connectivity index (χ1n) is 11.2. The Balaban J connectivity index is 2.11. The largest absolute Gasteiger partial charge is 0.503 e. The molecular weight excluding hydrogens is 598 g/mol. The predicted octanol–water partition coefficient (Wildman–Crippen LogP) is 6.47. The predicted molar refractivity (Wildman–Crippen MR) is 146 cm³/mol. The van der Waals surface area contributed by atoms with E-state index < -0.39 is 17.4 Å². The van der Waals surface area contributed by atoms with Gasteiger partial charge in [0.1, 0.15) is 0 Å². The van der Waals surface area contributed by atoms with Crippen LogP contribution in [0.5, 0.6) is 17.2 Å². The van der Waals surface area contributed by atoms with Crippen LogP contribution in [0, 0.1) is 15.5 Å². The first-order valence-corrected chi connectivity index (χ1v) is 12.8. The van der Waals surface area contributed by atoms with Crippen molar-refractivity contribution in [2.24, 2.45) is 10.5 Å². The van der Waals surface area contributed by atoms with Crippen LogP contribution in [0.25, 0.3) is 0 Å². The zero-order valence-electron chi connectivity index (χ0n) is 21.1. The first-order chi connectivity index (χ1) is 16.7. The van der Waals surface area contributed by atoms with Gasteiger partial charge in [-0.25, -0.2) is 5.43 Å². The molecule has 0 aliphatic rings. The van der Waals surface area contributed by atoms with Crippen LogP contribution in [-0.4, -0.2) is 35.4 Å². The van der Waals surface area contributed by atoms with Crippen LogP contribution in [0.4, 0.5) is 5.69 Å². The number of phenolic OH excluding ortho intramolecular Hbond substituents is 1. The number of rotatable bonds is 10. The molecule has 2 N–H and O–H groups in total. The molecule has 0 saturated heterocycles. The molecule has 0 spiro atoms. The first kappa shape index (κ1) is 29.6. The lowest BCUT2D eigenvalue weighted by molar-refractivity contribution is -0.385. The molecule has 2 aromatic rings. The fourth-order valence-corrected chi connectivity index (χ4v) is 4.78. The van der Waals surface area contributed by atoms with E-state index in [4.69, 9.17) is 9.47 Å². The van der Waals surface area contributed by atoms with Crippen molar-refractivity contribution in [2.45, 2.75) is 53.4 Å². The van der Waals surface area contributed by atoms with Crippen LogP contribution in [0.15, 0.2) is 38.3 Å². The molecule has 0 aliphatic carbocycles. The van der Waals surface area contributed by atoms with E-state index in [9.17, 15) is 20.0 Å². The van der Waals surface area contributed by atoms with Gasteiger partial charge in [-0.15, -0.1) is 0 Å². The van der Waals surface area contributed by atoms with Crippen LogP contribution in [0.3, 0.4) is 0 Å². The lowest BCUT2D eigenvalue weighted by Gasteiger charge is -2.33. The Bertz CT molecular complexity index is 1160. The molecule has 1 amide bonds. The molecule has 0 aromatic heterocycles. The fourth-order valence-electron chi connectivity index (χ4n) is 3.95. The van der Waals surface area contributed by atoms with Crippen molar-refractivity contribution < 1.29 is 24.3 Å². The third-order valence-corrected chi connectivity index (χ3v) is 7.29. The molecule has 0 radical (unpaired) electrons. The summed E-state index contributed by atoms with van der Waals surface area (Å²) < 4.78 is 11.7. The number of hydrazone groups is 1. The lowest BCUT2D eigenvalue weighted by Crippen LogP contribution is -2.26. The maximum Gasteiger partial charge on any atom is 0.311 e. The highest BCUT2D eigenvalue weighted by Gasteiger charge is 2.30. The molecule has 0 heterocycles. The number of phenols is 1. The maximum absolute atomic E-state index is 12.2. The molecule has 0 saturated carbocycles. The Morgan fingerprint density at radius 2 is 1.81 bits per heavy atom. The minimum Gasteiger partial charge on any atom is -0.503 e. The molecule has 9 nitrogen and oxygen atoms in total. The highest BCUT2D eigenvalue weighted by Crippen LogP contribution is 2.41. The molecule has 0 fully saturated rings. The number of nitro benzene ring substituents is 1. The van der Waals surface area contributed by atoms with Crippen molar-refractivity contribution in [1.29, 1.82) is 0 Å². The molecule has 0 unspecified atom stereocenters. The van der Waals surface area contributed by atoms with Crippen LogP contribution in [-0.2, 0) is 10.2 Å². The molecule has 2 rings (SSSR count). The Kier molecular flexibility index (Phi) is 9.90. The van der Waals surface area contributed by atoms with Gasteiger partial charge in [-0.05, 0) is 73.7 Å². The quantitative estimate of drug-likeness (QED) is 0.177. The Morgan fingerprint density at radius 3 is 2.39 bits per heavy atom. The SMILES string of the molecule is CCOc1cc(C=NNC(=O)COc2ccc(C(C)(C)CC(C)(C)C)cc2[N+](=O)[O-])c(Br)c(Br)c1O. The number of nitro groups is 1. The average Bonchev–Trinajstić information content (AvgIpc) is 2.77. The number of amides is 1. The van der Waals surface area contributed by atoms with E-state index in [0.717, 1.165) is 12.0 Å². The van der Waals surface area contributed by atoms with E-state index in [-0.39, 0.29) is 33.8 Å². The average molecular weight is 629 g/mol. The van der Waals surface area contributed by atoms with Crippen LogP contribution in [0.1, 0.15) is 59.1 Å². The number of aromatic hydroxyl groups is 1. The van der Waals surface area contributed by atoms with Crippen molar-refractivity contribution >= 4 is 49.7 Å². The van der Waals surface area contributed by atoms with Crippen LogP contribution >= 0.6 is 31.9 Å². The van der Waals surface area contributed by atoms with Gasteiger partial charge in [-0.3, -0.25) is 14.9 Å². The summed E-state index contributed by atoms with van der Waals surface area (Å²) in [5.41, 5.74) is 3.24. The third-order valence-electron chi connectivity index (χ3n) is 5.13. The van der Waals surface area contributed by atoms with Crippen LogP contribution < -0.4 is 14.9 Å². The molecule has 36 heavy (non-hydrogen) atoms. The Hall–Kier alpha value is -2.66. The monoisotopic (exact) mass is 627 g/mol. The molecular formula is C25H31Br2N3O6. The Morgan fingerprint density at radius 1 is 1.14 bits per heavy atom. The summed E-state index contributed by atoms with van der Waals surface area (Å²) in [6.45, 7) is 12.1. The topological polar surface area (TPSA) is 123 Å². The highest BCUT2D eigenvalue weighted by atomic mass is 79.9. The molecule has 2 aromatic carbocycles. The number of nitrogens with one attached hydrogen (secondary N) is 1. The summed E-state index contributed by atoms with van der Waals surface area (Å²) in [7, 11) is 0. The van der Waals surface area contributed by atoms with Gasteiger partial charge in [0.2, 0.25) is 0 Å². The second-order valence-corrected chi connectivity index (χ2v) is 11.6. The fraction of sp³-hybridized carbons (Fsp3) is 0.440. The van der Waals surface area contributed by atoms with E-state index in [0.29, 0.717) is 21.1 Å². The third kappa shape index (κ3) is 7.92. The second-order valence-electron chi connectivity index (χ2n) is 10.0. The number of benzene rings is 2. The molecule has 0 atom stereocenters. The minimum absolute atomic E-state index is 0.000930. The van der Waals surface area contributed by atoms with Gasteiger partial charge in [0.05, 0.1) is 22.2 Å². The van der Waals surface area contributed by atoms with Gasteiger partial charge >= 0.3 is 5.69 Å². The normalized spacial score (nSPS) is 12.0. The summed E-state index contributed by atoms with van der Waals surface area (Å²) in [6.07, 6.45) is 2.20. The second kappa shape index (κ2) is 12.1. The highest BCUT2D eigenvalue weighted by molar-refractivity contribution is 9.13. The van der Waals surface area contributed by atoms with E-state index in [1.54, 1.807) is 19.1 Å². The summed E-state index contributed by atoms with van der Waals surface area (Å²) in [5.74, 6) is -0.407. The lowest BCUT2D eigenvalue weighted by atomic mass is 9.72. The van der Waals surface area contributed by atoms with Crippen molar-refractivity contribution in [3.05, 3.63) is 54.5 Å². The van der Waals surface area contributed by atoms with Gasteiger partial charge in [0.15, 0.2) is 23.9 Å². The van der Waals surface area contributed by atoms with Gasteiger partial charge < -0.3 is 14.6 Å². The number of halogens is 2. The van der Waals surface area contributed by atoms with Crippen LogP contribution in [0.2, 0.25) is 0 Å². The smallest absolute Gasteiger partial charge is 0.311 e. The van der Waals surface area contributed by atoms with Crippen molar-refractivity contribution in [3.63, 3.8) is 0 Å². The summed E-state index contributed by atoms with van der Waals surface area (Å²) in [6, 6.07) is 6.38. The number of hydrogen-bond donors (Lipinski definition) is 2. The van der Waals surface area contributed by atoms with E-state index in [1.165, 1.54) is 18.3 Å².